The molecule has 3 rings (SSSR count). The van der Waals surface area contributed by atoms with Crippen LogP contribution in [0.2, 0.25) is 0 Å². The summed E-state index contributed by atoms with van der Waals surface area (Å²) in [6.45, 7) is 2.27. The molecule has 3 aromatic rings. The Hall–Kier alpha value is -3.68. The third-order valence-electron chi connectivity index (χ3n) is 4.39. The van der Waals surface area contributed by atoms with Crippen LogP contribution in [0, 0.1) is 5.82 Å². The number of aromatic nitrogens is 2. The van der Waals surface area contributed by atoms with Gasteiger partial charge in [-0.05, 0) is 48.4 Å². The molecular formula is C22H23FN4O3. The number of imidazole rings is 1. The Morgan fingerprint density at radius 3 is 2.60 bits per heavy atom. The van der Waals surface area contributed by atoms with E-state index in [2.05, 4.69) is 15.6 Å². The normalized spacial score (nSPS) is 11.6. The van der Waals surface area contributed by atoms with Crippen molar-refractivity contribution in [3.05, 3.63) is 83.7 Å². The van der Waals surface area contributed by atoms with Gasteiger partial charge in [-0.25, -0.2) is 19.0 Å². The number of halogens is 1. The van der Waals surface area contributed by atoms with Gasteiger partial charge in [0, 0.05) is 25.1 Å². The van der Waals surface area contributed by atoms with Gasteiger partial charge in [-0.3, -0.25) is 0 Å². The highest BCUT2D eigenvalue weighted by Gasteiger charge is 2.21. The maximum absolute atomic E-state index is 13.7. The van der Waals surface area contributed by atoms with Crippen molar-refractivity contribution in [2.75, 3.05) is 11.9 Å². The van der Waals surface area contributed by atoms with E-state index >= 15 is 0 Å². The third-order valence-corrected chi connectivity index (χ3v) is 4.39. The number of carbonyl (C=O) groups is 2. The van der Waals surface area contributed by atoms with Crippen LogP contribution in [0.4, 0.5) is 14.9 Å². The summed E-state index contributed by atoms with van der Waals surface area (Å²) in [6.07, 6.45) is 4.10. The zero-order valence-corrected chi connectivity index (χ0v) is 16.8. The monoisotopic (exact) mass is 410 g/mol. The average Bonchev–Trinajstić information content (AvgIpc) is 3.16. The fraction of sp³-hybridized carbons (Fsp3) is 0.227. The van der Waals surface area contributed by atoms with Crippen LogP contribution in [0.3, 0.4) is 0 Å². The van der Waals surface area contributed by atoms with Crippen LogP contribution in [-0.4, -0.2) is 28.2 Å². The van der Waals surface area contributed by atoms with Crippen LogP contribution in [0.25, 0.3) is 0 Å². The van der Waals surface area contributed by atoms with Crippen molar-refractivity contribution >= 4 is 17.7 Å². The van der Waals surface area contributed by atoms with Crippen molar-refractivity contribution < 1.29 is 18.7 Å². The Kier molecular flexibility index (Phi) is 6.79. The van der Waals surface area contributed by atoms with E-state index in [4.69, 9.17) is 4.74 Å². The number of hydrogen-bond donors (Lipinski definition) is 2. The number of nitrogens with one attached hydrogen (secondary N) is 2. The first-order valence-corrected chi connectivity index (χ1v) is 9.55. The number of hydrogen-bond acceptors (Lipinski definition) is 4. The third kappa shape index (κ3) is 5.22. The van der Waals surface area contributed by atoms with E-state index in [9.17, 15) is 14.0 Å². The van der Waals surface area contributed by atoms with Gasteiger partial charge in [0.05, 0.1) is 12.2 Å². The molecule has 7 nitrogen and oxygen atoms in total. The van der Waals surface area contributed by atoms with Crippen molar-refractivity contribution in [2.24, 2.45) is 7.05 Å². The Bertz CT molecular complexity index is 1020. The average molecular weight is 410 g/mol. The van der Waals surface area contributed by atoms with E-state index in [1.807, 2.05) is 6.92 Å². The first-order chi connectivity index (χ1) is 14.5. The van der Waals surface area contributed by atoms with Crippen molar-refractivity contribution in [3.63, 3.8) is 0 Å². The summed E-state index contributed by atoms with van der Waals surface area (Å²) in [5.41, 5.74) is 1.46. The molecule has 1 atom stereocenters. The molecule has 1 heterocycles. The van der Waals surface area contributed by atoms with Gasteiger partial charge in [-0.2, -0.15) is 0 Å². The lowest BCUT2D eigenvalue weighted by molar-refractivity contribution is 0.0505. The zero-order valence-electron chi connectivity index (χ0n) is 16.8. The molecular weight excluding hydrogens is 387 g/mol. The standard InChI is InChI=1S/C22H23FN4O3/c1-3-13-30-21(28)15-7-9-18(10-8-15)25-22(29)26-19(20-24-11-12-27(20)2)16-5-4-6-17(23)14-16/h4-12,14,19H,3,13H2,1-2H3,(H2,25,26,29)/t19-/m0/s1. The van der Waals surface area contributed by atoms with Gasteiger partial charge in [0.1, 0.15) is 17.7 Å². The minimum atomic E-state index is -0.649. The molecule has 1 aromatic heterocycles. The van der Waals surface area contributed by atoms with E-state index in [0.717, 1.165) is 6.42 Å². The molecule has 2 amide bonds. The number of urea groups is 1. The van der Waals surface area contributed by atoms with Gasteiger partial charge in [0.2, 0.25) is 0 Å². The van der Waals surface area contributed by atoms with Crippen LogP contribution < -0.4 is 10.6 Å². The van der Waals surface area contributed by atoms with Crippen LogP contribution >= 0.6 is 0 Å². The van der Waals surface area contributed by atoms with E-state index in [-0.39, 0.29) is 0 Å². The Balaban J connectivity index is 1.72. The van der Waals surface area contributed by atoms with Crippen molar-refractivity contribution in [1.82, 2.24) is 14.9 Å². The molecule has 0 aliphatic carbocycles. The highest BCUT2D eigenvalue weighted by atomic mass is 19.1. The zero-order chi connectivity index (χ0) is 21.5. The molecule has 0 aliphatic rings. The summed E-state index contributed by atoms with van der Waals surface area (Å²) in [5.74, 6) is -0.252. The minimum Gasteiger partial charge on any atom is -0.462 e. The fourth-order valence-corrected chi connectivity index (χ4v) is 2.90. The summed E-state index contributed by atoms with van der Waals surface area (Å²) < 4.78 is 20.6. The van der Waals surface area contributed by atoms with E-state index in [1.54, 1.807) is 60.4 Å². The van der Waals surface area contributed by atoms with Gasteiger partial charge in [0.15, 0.2) is 0 Å². The number of aryl methyl sites for hydroxylation is 1. The van der Waals surface area contributed by atoms with Gasteiger partial charge in [0.25, 0.3) is 0 Å². The van der Waals surface area contributed by atoms with Crippen molar-refractivity contribution in [2.45, 2.75) is 19.4 Å². The quantitative estimate of drug-likeness (QED) is 0.576. The molecule has 0 fully saturated rings. The highest BCUT2D eigenvalue weighted by molar-refractivity contribution is 5.92. The van der Waals surface area contributed by atoms with Crippen molar-refractivity contribution in [1.29, 1.82) is 0 Å². The second-order valence-corrected chi connectivity index (χ2v) is 6.70. The van der Waals surface area contributed by atoms with Crippen LogP contribution in [-0.2, 0) is 11.8 Å². The summed E-state index contributed by atoms with van der Waals surface area (Å²) in [4.78, 5) is 28.8. The van der Waals surface area contributed by atoms with Crippen LogP contribution in [0.5, 0.6) is 0 Å². The minimum absolute atomic E-state index is 0.357. The number of nitrogens with zero attached hydrogens (tertiary/aromatic N) is 2. The first kappa shape index (κ1) is 21.0. The lowest BCUT2D eigenvalue weighted by atomic mass is 10.1. The SMILES string of the molecule is CCCOC(=O)c1ccc(NC(=O)N[C@@H](c2cccc(F)c2)c2nccn2C)cc1. The van der Waals surface area contributed by atoms with Crippen LogP contribution in [0.15, 0.2) is 60.9 Å². The molecule has 8 heteroatoms. The Labute approximate surface area is 173 Å². The topological polar surface area (TPSA) is 85.2 Å². The molecule has 0 saturated heterocycles. The number of rotatable bonds is 7. The summed E-state index contributed by atoms with van der Waals surface area (Å²) >= 11 is 0. The lowest BCUT2D eigenvalue weighted by Gasteiger charge is -2.19. The molecule has 0 radical (unpaired) electrons. The second kappa shape index (κ2) is 9.69. The summed E-state index contributed by atoms with van der Waals surface area (Å²) in [5, 5.41) is 5.54. The Morgan fingerprint density at radius 2 is 1.97 bits per heavy atom. The van der Waals surface area contributed by atoms with Gasteiger partial charge in [-0.15, -0.1) is 0 Å². The number of benzene rings is 2. The molecule has 0 bridgehead atoms. The number of esters is 1. The smallest absolute Gasteiger partial charge is 0.338 e. The molecule has 156 valence electrons. The van der Waals surface area contributed by atoms with Gasteiger partial charge < -0.3 is 19.9 Å². The maximum Gasteiger partial charge on any atom is 0.338 e. The Morgan fingerprint density at radius 1 is 1.20 bits per heavy atom. The van der Waals surface area contributed by atoms with Gasteiger partial charge >= 0.3 is 12.0 Å². The largest absolute Gasteiger partial charge is 0.462 e. The van der Waals surface area contributed by atoms with Crippen molar-refractivity contribution in [3.8, 4) is 0 Å². The molecule has 2 N–H and O–H groups in total. The summed E-state index contributed by atoms with van der Waals surface area (Å²) in [6, 6.07) is 11.2. The maximum atomic E-state index is 13.7. The molecule has 30 heavy (non-hydrogen) atoms. The first-order valence-electron chi connectivity index (χ1n) is 9.55. The summed E-state index contributed by atoms with van der Waals surface area (Å²) in [7, 11) is 1.80. The van der Waals surface area contributed by atoms with E-state index in [1.165, 1.54) is 12.1 Å². The molecule has 0 saturated carbocycles. The lowest BCUT2D eigenvalue weighted by Crippen LogP contribution is -2.34. The number of ether oxygens (including phenoxy) is 1. The number of anilines is 1. The predicted molar refractivity (Wildman–Crippen MR) is 111 cm³/mol. The fourth-order valence-electron chi connectivity index (χ4n) is 2.90. The van der Waals surface area contributed by atoms with Crippen LogP contribution in [0.1, 0.15) is 41.1 Å². The molecule has 0 aliphatic heterocycles. The predicted octanol–water partition coefficient (Wildman–Crippen LogP) is 4.04. The highest BCUT2D eigenvalue weighted by Crippen LogP contribution is 2.21. The van der Waals surface area contributed by atoms with E-state index < -0.39 is 23.9 Å². The molecule has 0 unspecified atom stereocenters. The molecule has 2 aromatic carbocycles. The second-order valence-electron chi connectivity index (χ2n) is 6.70. The number of carbonyl (C=O) groups excluding carboxylic acids is 2. The van der Waals surface area contributed by atoms with Gasteiger partial charge in [-0.1, -0.05) is 19.1 Å². The number of amides is 2. The van der Waals surface area contributed by atoms with E-state index in [0.29, 0.717) is 29.2 Å². The molecule has 0 spiro atoms.